The van der Waals surface area contributed by atoms with E-state index in [1.165, 1.54) is 12.8 Å². The molecule has 5 nitrogen and oxygen atoms in total. The van der Waals surface area contributed by atoms with Crippen molar-refractivity contribution in [1.82, 2.24) is 4.90 Å². The maximum atomic E-state index is 12.0. The number of hydrogen-bond acceptors (Lipinski definition) is 4. The van der Waals surface area contributed by atoms with Gasteiger partial charge in [0.15, 0.2) is 0 Å². The molecule has 0 heterocycles. The standard InChI is InChI=1S/C16H25N3O2/c1-3-19(13-7-8-13)10-4-5-16(20)18-14-9-6-12(17)11-15(14)21-2/h6,9,11,13H,3-5,7-8,10,17H2,1-2H3,(H,18,20). The average molecular weight is 291 g/mol. The minimum absolute atomic E-state index is 0.0184. The number of rotatable bonds is 8. The molecule has 1 saturated carbocycles. The Morgan fingerprint density at radius 3 is 2.86 bits per heavy atom. The molecule has 0 saturated heterocycles. The summed E-state index contributed by atoms with van der Waals surface area (Å²) in [5.74, 6) is 0.612. The Morgan fingerprint density at radius 2 is 2.24 bits per heavy atom. The molecule has 1 aliphatic carbocycles. The molecule has 3 N–H and O–H groups in total. The van der Waals surface area contributed by atoms with E-state index in [0.29, 0.717) is 23.5 Å². The van der Waals surface area contributed by atoms with E-state index in [9.17, 15) is 4.79 Å². The fourth-order valence-corrected chi connectivity index (χ4v) is 2.51. The molecule has 0 aliphatic heterocycles. The summed E-state index contributed by atoms with van der Waals surface area (Å²) >= 11 is 0. The molecule has 1 amide bonds. The summed E-state index contributed by atoms with van der Waals surface area (Å²) in [5, 5.41) is 2.89. The van der Waals surface area contributed by atoms with Crippen LogP contribution < -0.4 is 15.8 Å². The molecule has 2 rings (SSSR count). The lowest BCUT2D eigenvalue weighted by molar-refractivity contribution is -0.116. The monoisotopic (exact) mass is 291 g/mol. The minimum atomic E-state index is 0.0184. The first-order chi connectivity index (χ1) is 10.1. The zero-order valence-corrected chi connectivity index (χ0v) is 12.9. The maximum absolute atomic E-state index is 12.0. The van der Waals surface area contributed by atoms with E-state index in [2.05, 4.69) is 17.1 Å². The third-order valence-corrected chi connectivity index (χ3v) is 3.82. The minimum Gasteiger partial charge on any atom is -0.494 e. The first-order valence-corrected chi connectivity index (χ1v) is 7.61. The summed E-state index contributed by atoms with van der Waals surface area (Å²) < 4.78 is 5.22. The Kier molecular flexibility index (Phi) is 5.44. The second-order valence-corrected chi connectivity index (χ2v) is 5.47. The largest absolute Gasteiger partial charge is 0.494 e. The van der Waals surface area contributed by atoms with E-state index in [4.69, 9.17) is 10.5 Å². The molecule has 0 bridgehead atoms. The fraction of sp³-hybridized carbons (Fsp3) is 0.562. The van der Waals surface area contributed by atoms with Crippen molar-refractivity contribution >= 4 is 17.3 Å². The van der Waals surface area contributed by atoms with Gasteiger partial charge in [0.1, 0.15) is 5.75 Å². The second-order valence-electron chi connectivity index (χ2n) is 5.47. The van der Waals surface area contributed by atoms with Crippen LogP contribution in [-0.4, -0.2) is 37.0 Å². The van der Waals surface area contributed by atoms with Crippen LogP contribution in [0.15, 0.2) is 18.2 Å². The van der Waals surface area contributed by atoms with Crippen LogP contribution >= 0.6 is 0 Å². The van der Waals surface area contributed by atoms with Gasteiger partial charge in [-0.25, -0.2) is 0 Å². The Balaban J connectivity index is 1.78. The van der Waals surface area contributed by atoms with Crippen molar-refractivity contribution in [3.63, 3.8) is 0 Å². The number of methoxy groups -OCH3 is 1. The van der Waals surface area contributed by atoms with E-state index in [0.717, 1.165) is 25.6 Å². The molecule has 21 heavy (non-hydrogen) atoms. The quantitative estimate of drug-likeness (QED) is 0.722. The van der Waals surface area contributed by atoms with Crippen LogP contribution in [0, 0.1) is 0 Å². The molecule has 1 aromatic carbocycles. The van der Waals surface area contributed by atoms with Crippen LogP contribution in [0.2, 0.25) is 0 Å². The SMILES string of the molecule is CCN(CCCC(=O)Nc1ccc(N)cc1OC)C1CC1. The van der Waals surface area contributed by atoms with Crippen LogP contribution in [0.4, 0.5) is 11.4 Å². The van der Waals surface area contributed by atoms with Crippen molar-refractivity contribution in [2.75, 3.05) is 31.2 Å². The highest BCUT2D eigenvalue weighted by atomic mass is 16.5. The fourth-order valence-electron chi connectivity index (χ4n) is 2.51. The molecular formula is C16H25N3O2. The molecule has 116 valence electrons. The number of nitrogens with one attached hydrogen (secondary N) is 1. The lowest BCUT2D eigenvalue weighted by Crippen LogP contribution is -2.27. The zero-order chi connectivity index (χ0) is 15.2. The molecule has 0 aromatic heterocycles. The van der Waals surface area contributed by atoms with Gasteiger partial charge in [-0.3, -0.25) is 4.79 Å². The van der Waals surface area contributed by atoms with Crippen LogP contribution in [0.1, 0.15) is 32.6 Å². The van der Waals surface area contributed by atoms with E-state index in [-0.39, 0.29) is 5.91 Å². The van der Waals surface area contributed by atoms with E-state index < -0.39 is 0 Å². The molecule has 1 aliphatic rings. The molecule has 1 aromatic rings. The predicted molar refractivity (Wildman–Crippen MR) is 85.5 cm³/mol. The van der Waals surface area contributed by atoms with Crippen molar-refractivity contribution in [3.8, 4) is 5.75 Å². The van der Waals surface area contributed by atoms with Gasteiger partial charge in [0.2, 0.25) is 5.91 Å². The number of anilines is 2. The van der Waals surface area contributed by atoms with Crippen molar-refractivity contribution < 1.29 is 9.53 Å². The topological polar surface area (TPSA) is 67.6 Å². The Labute approximate surface area is 126 Å². The molecule has 5 heteroatoms. The molecule has 0 radical (unpaired) electrons. The summed E-state index contributed by atoms with van der Waals surface area (Å²) in [6.07, 6.45) is 4.02. The van der Waals surface area contributed by atoms with Crippen molar-refractivity contribution in [2.24, 2.45) is 0 Å². The van der Waals surface area contributed by atoms with Gasteiger partial charge in [0.05, 0.1) is 12.8 Å². The number of nitrogen functional groups attached to an aromatic ring is 1. The molecular weight excluding hydrogens is 266 g/mol. The Hall–Kier alpha value is -1.75. The number of hydrogen-bond donors (Lipinski definition) is 2. The van der Waals surface area contributed by atoms with Gasteiger partial charge in [-0.15, -0.1) is 0 Å². The lowest BCUT2D eigenvalue weighted by Gasteiger charge is -2.19. The van der Waals surface area contributed by atoms with Crippen molar-refractivity contribution in [1.29, 1.82) is 0 Å². The van der Waals surface area contributed by atoms with Gasteiger partial charge in [0.25, 0.3) is 0 Å². The number of benzene rings is 1. The van der Waals surface area contributed by atoms with Gasteiger partial charge < -0.3 is 20.7 Å². The van der Waals surface area contributed by atoms with E-state index >= 15 is 0 Å². The predicted octanol–water partition coefficient (Wildman–Crippen LogP) is 2.48. The van der Waals surface area contributed by atoms with Crippen LogP contribution in [0.3, 0.4) is 0 Å². The number of ether oxygens (including phenoxy) is 1. The highest BCUT2D eigenvalue weighted by Crippen LogP contribution is 2.28. The third kappa shape index (κ3) is 4.63. The highest BCUT2D eigenvalue weighted by molar-refractivity contribution is 5.92. The van der Waals surface area contributed by atoms with Crippen molar-refractivity contribution in [2.45, 2.75) is 38.6 Å². The summed E-state index contributed by atoms with van der Waals surface area (Å²) in [7, 11) is 1.57. The summed E-state index contributed by atoms with van der Waals surface area (Å²) in [4.78, 5) is 14.5. The average Bonchev–Trinajstić information content (AvgIpc) is 3.30. The number of nitrogens with zero attached hydrogens (tertiary/aromatic N) is 1. The lowest BCUT2D eigenvalue weighted by atomic mass is 10.2. The van der Waals surface area contributed by atoms with Crippen molar-refractivity contribution in [3.05, 3.63) is 18.2 Å². The highest BCUT2D eigenvalue weighted by Gasteiger charge is 2.27. The van der Waals surface area contributed by atoms with Crippen LogP contribution in [0.25, 0.3) is 0 Å². The summed E-state index contributed by atoms with van der Waals surface area (Å²) in [6.45, 7) is 4.24. The molecule has 0 atom stereocenters. The number of nitrogens with two attached hydrogens (primary N) is 1. The van der Waals surface area contributed by atoms with Gasteiger partial charge in [0, 0.05) is 24.2 Å². The first-order valence-electron chi connectivity index (χ1n) is 7.61. The number of carbonyl (C=O) groups excluding carboxylic acids is 1. The first kappa shape index (κ1) is 15.6. The van der Waals surface area contributed by atoms with E-state index in [1.54, 1.807) is 25.3 Å². The molecule has 1 fully saturated rings. The van der Waals surface area contributed by atoms with Gasteiger partial charge in [-0.2, -0.15) is 0 Å². The van der Waals surface area contributed by atoms with Crippen LogP contribution in [-0.2, 0) is 4.79 Å². The summed E-state index contributed by atoms with van der Waals surface area (Å²) in [5.41, 5.74) is 6.99. The number of amides is 1. The maximum Gasteiger partial charge on any atom is 0.224 e. The normalized spacial score (nSPS) is 14.2. The molecule has 0 spiro atoms. The zero-order valence-electron chi connectivity index (χ0n) is 12.9. The Morgan fingerprint density at radius 1 is 1.48 bits per heavy atom. The van der Waals surface area contributed by atoms with Gasteiger partial charge >= 0.3 is 0 Å². The second kappa shape index (κ2) is 7.31. The summed E-state index contributed by atoms with van der Waals surface area (Å²) in [6, 6.07) is 6.00. The number of carbonyl (C=O) groups is 1. The van der Waals surface area contributed by atoms with E-state index in [1.807, 2.05) is 0 Å². The smallest absolute Gasteiger partial charge is 0.224 e. The molecule has 0 unspecified atom stereocenters. The third-order valence-electron chi connectivity index (χ3n) is 3.82. The van der Waals surface area contributed by atoms with Gasteiger partial charge in [-0.1, -0.05) is 6.92 Å². The van der Waals surface area contributed by atoms with Crippen LogP contribution in [0.5, 0.6) is 5.75 Å². The Bertz CT molecular complexity index is 486. The van der Waals surface area contributed by atoms with Gasteiger partial charge in [-0.05, 0) is 44.5 Å².